The van der Waals surface area contributed by atoms with E-state index in [4.69, 9.17) is 6.57 Å². The van der Waals surface area contributed by atoms with E-state index < -0.39 is 0 Å². The third-order valence-corrected chi connectivity index (χ3v) is 3.61. The number of nitrogens with one attached hydrogen (secondary N) is 2. The zero-order chi connectivity index (χ0) is 11.8. The van der Waals surface area contributed by atoms with E-state index in [1.54, 1.807) is 0 Å². The number of nitrogens with zero attached hydrogens (tertiary/aromatic N) is 1. The van der Waals surface area contributed by atoms with E-state index in [-0.39, 0.29) is 0 Å². The molecular weight excluding hydrogens is 210 g/mol. The molecule has 2 atom stereocenters. The van der Waals surface area contributed by atoms with Gasteiger partial charge in [-0.3, -0.25) is 0 Å². The lowest BCUT2D eigenvalue weighted by Gasteiger charge is -1.99. The van der Waals surface area contributed by atoms with Crippen molar-refractivity contribution < 1.29 is 0 Å². The van der Waals surface area contributed by atoms with Crippen molar-refractivity contribution in [3.05, 3.63) is 41.4 Å². The summed E-state index contributed by atoms with van der Waals surface area (Å²) in [5.41, 5.74) is 3.25. The van der Waals surface area contributed by atoms with Gasteiger partial charge in [0.15, 0.2) is 5.69 Å². The Kier molecular flexibility index (Phi) is 2.38. The molecule has 3 rings (SSSR count). The number of aromatic nitrogens is 1. The summed E-state index contributed by atoms with van der Waals surface area (Å²) in [5, 5.41) is 4.46. The maximum Gasteiger partial charge on any atom is 0.187 e. The summed E-state index contributed by atoms with van der Waals surface area (Å²) >= 11 is 0. The van der Waals surface area contributed by atoms with Crippen molar-refractivity contribution >= 4 is 16.6 Å². The van der Waals surface area contributed by atoms with Gasteiger partial charge >= 0.3 is 0 Å². The highest BCUT2D eigenvalue weighted by atomic mass is 14.8. The molecule has 2 unspecified atom stereocenters. The second-order valence-electron chi connectivity index (χ2n) is 4.75. The van der Waals surface area contributed by atoms with Gasteiger partial charge in [-0.1, -0.05) is 6.07 Å². The average Bonchev–Trinajstić information content (AvgIpc) is 2.99. The third-order valence-electron chi connectivity index (χ3n) is 3.61. The summed E-state index contributed by atoms with van der Waals surface area (Å²) < 4.78 is 0. The molecule has 1 aromatic heterocycles. The van der Waals surface area contributed by atoms with Crippen LogP contribution in [0, 0.1) is 12.5 Å². The molecule has 0 aliphatic heterocycles. The van der Waals surface area contributed by atoms with Gasteiger partial charge in [0.25, 0.3) is 0 Å². The van der Waals surface area contributed by atoms with E-state index in [0.717, 1.165) is 23.7 Å². The van der Waals surface area contributed by atoms with Crippen LogP contribution in [0.3, 0.4) is 0 Å². The number of H-pyrrole nitrogens is 1. The van der Waals surface area contributed by atoms with Crippen molar-refractivity contribution in [2.75, 3.05) is 13.6 Å². The van der Waals surface area contributed by atoms with Gasteiger partial charge in [0.05, 0.1) is 6.57 Å². The van der Waals surface area contributed by atoms with Crippen LogP contribution >= 0.6 is 0 Å². The number of benzene rings is 1. The van der Waals surface area contributed by atoms with E-state index in [9.17, 15) is 0 Å². The number of fused-ring (bicyclic) bond motifs is 1. The molecule has 1 aromatic carbocycles. The first-order valence-electron chi connectivity index (χ1n) is 5.96. The summed E-state index contributed by atoms with van der Waals surface area (Å²) in [4.78, 5) is 6.80. The quantitative estimate of drug-likeness (QED) is 0.773. The molecule has 2 aromatic rings. The monoisotopic (exact) mass is 225 g/mol. The lowest BCUT2D eigenvalue weighted by molar-refractivity contribution is 0.699. The van der Waals surface area contributed by atoms with Crippen molar-refractivity contribution in [1.29, 1.82) is 0 Å². The minimum atomic E-state index is 0.664. The molecule has 0 spiro atoms. The Morgan fingerprint density at radius 2 is 2.41 bits per heavy atom. The van der Waals surface area contributed by atoms with Gasteiger partial charge in [-0.25, -0.2) is 4.85 Å². The highest BCUT2D eigenvalue weighted by Crippen LogP contribution is 2.49. The maximum absolute atomic E-state index is 7.08. The fraction of sp³-hybridized carbons (Fsp3) is 0.357. The van der Waals surface area contributed by atoms with E-state index in [2.05, 4.69) is 21.3 Å². The van der Waals surface area contributed by atoms with Crippen LogP contribution in [-0.2, 0) is 0 Å². The Hall–Kier alpha value is -1.79. The lowest BCUT2D eigenvalue weighted by Crippen LogP contribution is -2.10. The molecule has 86 valence electrons. The van der Waals surface area contributed by atoms with Crippen LogP contribution in [0.2, 0.25) is 0 Å². The van der Waals surface area contributed by atoms with Gasteiger partial charge < -0.3 is 10.3 Å². The van der Waals surface area contributed by atoms with Gasteiger partial charge in [-0.05, 0) is 54.9 Å². The van der Waals surface area contributed by atoms with Crippen LogP contribution < -0.4 is 5.32 Å². The molecule has 0 bridgehead atoms. The van der Waals surface area contributed by atoms with Crippen molar-refractivity contribution in [3.8, 4) is 0 Å². The minimum absolute atomic E-state index is 0.664. The molecule has 3 heteroatoms. The molecule has 1 heterocycles. The van der Waals surface area contributed by atoms with E-state index in [0.29, 0.717) is 5.92 Å². The minimum Gasteiger partial charge on any atom is -0.361 e. The normalized spacial score (nSPS) is 22.6. The first-order chi connectivity index (χ1) is 8.33. The molecular formula is C14H15N3. The largest absolute Gasteiger partial charge is 0.361 e. The second-order valence-corrected chi connectivity index (χ2v) is 4.75. The molecule has 1 saturated carbocycles. The van der Waals surface area contributed by atoms with Crippen LogP contribution in [0.1, 0.15) is 17.9 Å². The highest BCUT2D eigenvalue weighted by molar-refractivity contribution is 5.87. The second kappa shape index (κ2) is 3.90. The van der Waals surface area contributed by atoms with Crippen molar-refractivity contribution in [3.63, 3.8) is 0 Å². The molecule has 0 amide bonds. The van der Waals surface area contributed by atoms with Crippen LogP contribution in [0.25, 0.3) is 15.7 Å². The third kappa shape index (κ3) is 1.71. The first-order valence-corrected chi connectivity index (χ1v) is 5.96. The van der Waals surface area contributed by atoms with Crippen molar-refractivity contribution in [2.45, 2.75) is 12.3 Å². The van der Waals surface area contributed by atoms with Gasteiger partial charge in [0.2, 0.25) is 0 Å². The summed E-state index contributed by atoms with van der Waals surface area (Å²) in [6.07, 6.45) is 3.37. The Labute approximate surface area is 101 Å². The van der Waals surface area contributed by atoms with E-state index in [1.807, 2.05) is 25.2 Å². The van der Waals surface area contributed by atoms with Crippen LogP contribution in [0.5, 0.6) is 0 Å². The van der Waals surface area contributed by atoms with Gasteiger partial charge in [0.1, 0.15) is 0 Å². The molecule has 2 N–H and O–H groups in total. The number of aromatic amines is 1. The van der Waals surface area contributed by atoms with Gasteiger partial charge in [0, 0.05) is 11.7 Å². The predicted molar refractivity (Wildman–Crippen MR) is 69.3 cm³/mol. The molecule has 17 heavy (non-hydrogen) atoms. The van der Waals surface area contributed by atoms with Crippen LogP contribution in [-0.4, -0.2) is 18.6 Å². The maximum atomic E-state index is 7.08. The summed E-state index contributed by atoms with van der Waals surface area (Å²) in [5.74, 6) is 1.42. The van der Waals surface area contributed by atoms with Gasteiger partial charge in [-0.15, -0.1) is 0 Å². The number of hydrogen-bond donors (Lipinski definition) is 2. The van der Waals surface area contributed by atoms with Crippen molar-refractivity contribution in [1.82, 2.24) is 10.3 Å². The number of hydrogen-bond acceptors (Lipinski definition) is 1. The molecule has 0 saturated heterocycles. The topological polar surface area (TPSA) is 32.2 Å². The summed E-state index contributed by atoms with van der Waals surface area (Å²) in [6.45, 7) is 8.16. The first kappa shape index (κ1) is 10.4. The summed E-state index contributed by atoms with van der Waals surface area (Å²) in [6, 6.07) is 5.87. The van der Waals surface area contributed by atoms with Crippen LogP contribution in [0.15, 0.2) is 24.4 Å². The fourth-order valence-electron chi connectivity index (χ4n) is 2.62. The zero-order valence-corrected chi connectivity index (χ0v) is 9.83. The average molecular weight is 225 g/mol. The fourth-order valence-corrected chi connectivity index (χ4v) is 2.62. The molecule has 3 nitrogen and oxygen atoms in total. The Morgan fingerprint density at radius 3 is 3.18 bits per heavy atom. The molecule has 0 radical (unpaired) electrons. The lowest BCUT2D eigenvalue weighted by atomic mass is 10.1. The predicted octanol–water partition coefficient (Wildman–Crippen LogP) is 3.04. The number of rotatable bonds is 3. The Morgan fingerprint density at radius 1 is 1.53 bits per heavy atom. The van der Waals surface area contributed by atoms with Crippen LogP contribution in [0.4, 0.5) is 5.69 Å². The van der Waals surface area contributed by atoms with Crippen molar-refractivity contribution in [2.24, 2.45) is 5.92 Å². The Balaban J connectivity index is 1.98. The SMILES string of the molecule is [C-]#[N+]c1ccc2[nH]cc(C3CC3CNC)c2c1. The van der Waals surface area contributed by atoms with E-state index >= 15 is 0 Å². The molecule has 1 aliphatic carbocycles. The smallest absolute Gasteiger partial charge is 0.187 e. The highest BCUT2D eigenvalue weighted by Gasteiger charge is 2.38. The zero-order valence-electron chi connectivity index (χ0n) is 9.83. The standard InChI is InChI=1S/C14H15N3/c1-15-7-9-5-11(9)13-8-17-14-4-3-10(16-2)6-12(13)14/h3-4,6,8-9,11,15,17H,5,7H2,1H3. The Bertz CT molecular complexity index is 591. The summed E-state index contributed by atoms with van der Waals surface area (Å²) in [7, 11) is 2.00. The molecule has 1 fully saturated rings. The van der Waals surface area contributed by atoms with E-state index in [1.165, 1.54) is 17.4 Å². The molecule has 1 aliphatic rings. The van der Waals surface area contributed by atoms with Gasteiger partial charge in [-0.2, -0.15) is 0 Å².